The normalized spacial score (nSPS) is 20.7. The number of amides is 2. The van der Waals surface area contributed by atoms with Crippen molar-refractivity contribution in [2.24, 2.45) is 0 Å². The zero-order chi connectivity index (χ0) is 23.8. The Hall–Kier alpha value is -3.37. The quantitative estimate of drug-likeness (QED) is 0.642. The fraction of sp³-hybridized carbons (Fsp3) is 0.455. The van der Waals surface area contributed by atoms with Crippen molar-refractivity contribution in [3.63, 3.8) is 0 Å². The second kappa shape index (κ2) is 8.87. The van der Waals surface area contributed by atoms with Gasteiger partial charge in [0.2, 0.25) is 17.8 Å². The van der Waals surface area contributed by atoms with Crippen molar-refractivity contribution in [3.8, 4) is 0 Å². The van der Waals surface area contributed by atoms with Gasteiger partial charge in [0.15, 0.2) is 0 Å². The lowest BCUT2D eigenvalue weighted by Crippen LogP contribution is -2.43. The molecule has 33 heavy (non-hydrogen) atoms. The molecule has 2 amide bonds. The number of alkyl halides is 3. The minimum absolute atomic E-state index is 0.00659. The summed E-state index contributed by atoms with van der Waals surface area (Å²) in [6.45, 7) is 2.77. The molecule has 1 aromatic carbocycles. The number of carbonyl (C=O) groups is 2. The van der Waals surface area contributed by atoms with Crippen molar-refractivity contribution >= 4 is 29.3 Å². The Morgan fingerprint density at radius 1 is 1.27 bits per heavy atom. The molecule has 176 valence electrons. The molecule has 3 N–H and O–H groups in total. The lowest BCUT2D eigenvalue weighted by atomic mass is 9.92. The Kier molecular flexibility index (Phi) is 6.13. The van der Waals surface area contributed by atoms with Crippen LogP contribution in [-0.2, 0) is 15.8 Å². The third-order valence-electron chi connectivity index (χ3n) is 6.08. The van der Waals surface area contributed by atoms with E-state index < -0.39 is 35.0 Å². The van der Waals surface area contributed by atoms with E-state index >= 15 is 0 Å². The van der Waals surface area contributed by atoms with E-state index in [2.05, 4.69) is 27.5 Å². The number of nitrogens with zero attached hydrogens (tertiary/aromatic N) is 2. The smallest absolute Gasteiger partial charge is 0.339 e. The van der Waals surface area contributed by atoms with Gasteiger partial charge in [-0.1, -0.05) is 13.0 Å². The maximum absolute atomic E-state index is 13.0. The molecule has 2 atom stereocenters. The largest absolute Gasteiger partial charge is 0.416 e. The van der Waals surface area contributed by atoms with Crippen LogP contribution in [0.15, 0.2) is 29.1 Å². The van der Waals surface area contributed by atoms with Crippen LogP contribution in [-0.4, -0.2) is 34.4 Å². The second-order valence-corrected chi connectivity index (χ2v) is 8.28. The van der Waals surface area contributed by atoms with E-state index in [1.165, 1.54) is 12.1 Å². The van der Waals surface area contributed by atoms with Gasteiger partial charge in [-0.25, -0.2) is 0 Å². The number of nitrogens with one attached hydrogen (secondary N) is 3. The molecule has 0 saturated carbocycles. The van der Waals surface area contributed by atoms with Crippen molar-refractivity contribution in [1.29, 1.82) is 0 Å². The first-order chi connectivity index (χ1) is 15.7. The predicted octanol–water partition coefficient (Wildman–Crippen LogP) is 3.62. The van der Waals surface area contributed by atoms with E-state index in [1.54, 1.807) is 0 Å². The highest BCUT2D eigenvalue weighted by atomic mass is 19.4. The summed E-state index contributed by atoms with van der Waals surface area (Å²) in [4.78, 5) is 47.4. The Morgan fingerprint density at radius 3 is 2.79 bits per heavy atom. The number of rotatable bonds is 4. The molecule has 1 fully saturated rings. The molecule has 4 rings (SSSR count). The third-order valence-corrected chi connectivity index (χ3v) is 6.08. The molecule has 8 nitrogen and oxygen atoms in total. The van der Waals surface area contributed by atoms with Crippen LogP contribution in [0.1, 0.15) is 56.1 Å². The number of halogens is 3. The summed E-state index contributed by atoms with van der Waals surface area (Å²) in [5.41, 5.74) is -1.56. The molecule has 0 spiro atoms. The van der Waals surface area contributed by atoms with Crippen LogP contribution in [0.5, 0.6) is 0 Å². The van der Waals surface area contributed by atoms with Crippen LogP contribution in [0.3, 0.4) is 0 Å². The molecule has 2 aliphatic rings. The summed E-state index contributed by atoms with van der Waals surface area (Å²) >= 11 is 0. The first-order valence-electron chi connectivity index (χ1n) is 10.9. The minimum atomic E-state index is -4.57. The maximum atomic E-state index is 13.0. The molecule has 0 unspecified atom stereocenters. The Bertz CT molecular complexity index is 1130. The molecular weight excluding hydrogens is 439 g/mol. The van der Waals surface area contributed by atoms with Crippen LogP contribution in [0.4, 0.5) is 30.6 Å². The number of aromatic amines is 1. The molecule has 3 heterocycles. The lowest BCUT2D eigenvalue weighted by molar-refractivity contribution is -0.137. The Morgan fingerprint density at radius 2 is 2.06 bits per heavy atom. The van der Waals surface area contributed by atoms with Gasteiger partial charge >= 0.3 is 6.18 Å². The first kappa shape index (κ1) is 22.8. The van der Waals surface area contributed by atoms with Gasteiger partial charge in [0.25, 0.3) is 5.56 Å². The number of H-pyrrole nitrogens is 1. The van der Waals surface area contributed by atoms with Crippen LogP contribution < -0.4 is 21.1 Å². The van der Waals surface area contributed by atoms with Gasteiger partial charge in [-0.2, -0.15) is 18.2 Å². The number of hydrogen-bond donors (Lipinski definition) is 3. The van der Waals surface area contributed by atoms with Crippen molar-refractivity contribution < 1.29 is 22.8 Å². The third kappa shape index (κ3) is 4.71. The number of hydrogen-bond acceptors (Lipinski definition) is 5. The number of piperidine rings is 1. The summed E-state index contributed by atoms with van der Waals surface area (Å²) < 4.78 is 38.9. The van der Waals surface area contributed by atoms with E-state index in [0.29, 0.717) is 12.5 Å². The summed E-state index contributed by atoms with van der Waals surface area (Å²) in [6, 6.07) is 4.38. The van der Waals surface area contributed by atoms with Gasteiger partial charge < -0.3 is 15.5 Å². The van der Waals surface area contributed by atoms with Crippen LogP contribution in [0.2, 0.25) is 0 Å². The SMILES string of the molecule is CC[C@@H]1CCCCN1c1nc2c(c(=O)[nH]1)[C@@H](C(=O)Nc1cccc(C(F)(F)F)c1)CC(=O)N2. The number of aromatic nitrogens is 2. The number of carbonyl (C=O) groups excluding carboxylic acids is 2. The fourth-order valence-electron chi connectivity index (χ4n) is 4.43. The minimum Gasteiger partial charge on any atom is -0.339 e. The van der Waals surface area contributed by atoms with E-state index in [4.69, 9.17) is 0 Å². The molecule has 2 aromatic rings. The highest BCUT2D eigenvalue weighted by molar-refractivity contribution is 6.04. The van der Waals surface area contributed by atoms with E-state index in [-0.39, 0.29) is 29.5 Å². The summed E-state index contributed by atoms with van der Waals surface area (Å²) in [5, 5.41) is 4.96. The van der Waals surface area contributed by atoms with Crippen molar-refractivity contribution in [2.75, 3.05) is 22.1 Å². The lowest BCUT2D eigenvalue weighted by Gasteiger charge is -2.36. The van der Waals surface area contributed by atoms with Crippen molar-refractivity contribution in [3.05, 3.63) is 45.7 Å². The van der Waals surface area contributed by atoms with Gasteiger partial charge in [-0.05, 0) is 43.9 Å². The predicted molar refractivity (Wildman–Crippen MR) is 116 cm³/mol. The van der Waals surface area contributed by atoms with Gasteiger partial charge in [-0.3, -0.25) is 19.4 Å². The molecule has 0 bridgehead atoms. The highest BCUT2D eigenvalue weighted by Gasteiger charge is 2.36. The number of fused-ring (bicyclic) bond motifs is 1. The number of anilines is 3. The molecule has 11 heteroatoms. The summed E-state index contributed by atoms with van der Waals surface area (Å²) in [6.07, 6.45) is -1.02. The second-order valence-electron chi connectivity index (χ2n) is 8.28. The average Bonchev–Trinajstić information content (AvgIpc) is 2.77. The maximum Gasteiger partial charge on any atom is 0.416 e. The van der Waals surface area contributed by atoms with Gasteiger partial charge in [0.05, 0.1) is 17.0 Å². The highest BCUT2D eigenvalue weighted by Crippen LogP contribution is 2.33. The van der Waals surface area contributed by atoms with Crippen molar-refractivity contribution in [1.82, 2.24) is 9.97 Å². The van der Waals surface area contributed by atoms with Gasteiger partial charge in [-0.15, -0.1) is 0 Å². The molecule has 0 radical (unpaired) electrons. The number of benzene rings is 1. The van der Waals surface area contributed by atoms with E-state index in [9.17, 15) is 27.6 Å². The zero-order valence-corrected chi connectivity index (χ0v) is 18.0. The van der Waals surface area contributed by atoms with Crippen LogP contribution >= 0.6 is 0 Å². The standard InChI is InChI=1S/C22H24F3N5O3/c1-2-14-8-3-4-9-30(14)21-28-18-17(20(33)29-21)15(11-16(31)27-18)19(32)26-13-7-5-6-12(10-13)22(23,24)25/h5-7,10,14-15H,2-4,8-9,11H2,1H3,(H,26,32)(H2,27,28,29,31,33)/t14-,15+/m1/s1. The van der Waals surface area contributed by atoms with Crippen LogP contribution in [0.25, 0.3) is 0 Å². The zero-order valence-electron chi connectivity index (χ0n) is 18.0. The first-order valence-corrected chi connectivity index (χ1v) is 10.9. The topological polar surface area (TPSA) is 107 Å². The monoisotopic (exact) mass is 463 g/mol. The summed E-state index contributed by atoms with van der Waals surface area (Å²) in [7, 11) is 0. The molecule has 1 saturated heterocycles. The van der Waals surface area contributed by atoms with Crippen LogP contribution in [0, 0.1) is 0 Å². The van der Waals surface area contributed by atoms with Crippen molar-refractivity contribution in [2.45, 2.75) is 57.2 Å². The molecule has 2 aliphatic heterocycles. The van der Waals surface area contributed by atoms with Gasteiger partial charge in [0, 0.05) is 24.7 Å². The molecular formula is C22H24F3N5O3. The Labute approximate surface area is 187 Å². The summed E-state index contributed by atoms with van der Waals surface area (Å²) in [5.74, 6) is -2.09. The van der Waals surface area contributed by atoms with E-state index in [1.807, 2.05) is 4.90 Å². The average molecular weight is 463 g/mol. The Balaban J connectivity index is 1.64. The molecule has 1 aromatic heterocycles. The van der Waals surface area contributed by atoms with Gasteiger partial charge in [0.1, 0.15) is 5.82 Å². The van der Waals surface area contributed by atoms with E-state index in [0.717, 1.165) is 37.8 Å². The fourth-order valence-corrected chi connectivity index (χ4v) is 4.43. The molecule has 0 aliphatic carbocycles.